The standard InChI is InChI=1S/C19H22FN3O2/c20-18-16(4-2-10-22-18)19(25)8-13-23(14-9-19)17(24)5-1-3-15-6-11-21-12-7-15/h2,4,6-7,10-12,25H,1,3,5,8-9,13-14H2. The molecule has 0 atom stereocenters. The summed E-state index contributed by atoms with van der Waals surface area (Å²) in [5, 5.41) is 10.7. The number of amides is 1. The highest BCUT2D eigenvalue weighted by molar-refractivity contribution is 5.76. The van der Waals surface area contributed by atoms with Gasteiger partial charge in [0.05, 0.1) is 5.60 Å². The predicted octanol–water partition coefficient (Wildman–Crippen LogP) is 2.45. The third-order valence-corrected chi connectivity index (χ3v) is 4.81. The highest BCUT2D eigenvalue weighted by Gasteiger charge is 2.37. The molecule has 25 heavy (non-hydrogen) atoms. The van der Waals surface area contributed by atoms with Gasteiger partial charge in [0, 0.05) is 43.7 Å². The Hall–Kier alpha value is -2.34. The van der Waals surface area contributed by atoms with Gasteiger partial charge in [-0.25, -0.2) is 4.98 Å². The van der Waals surface area contributed by atoms with Gasteiger partial charge in [-0.3, -0.25) is 9.78 Å². The number of hydrogen-bond acceptors (Lipinski definition) is 4. The first-order chi connectivity index (χ1) is 12.1. The first-order valence-corrected chi connectivity index (χ1v) is 8.58. The van der Waals surface area contributed by atoms with E-state index < -0.39 is 11.5 Å². The van der Waals surface area contributed by atoms with Crippen molar-refractivity contribution in [1.82, 2.24) is 14.9 Å². The van der Waals surface area contributed by atoms with Gasteiger partial charge in [-0.15, -0.1) is 0 Å². The second-order valence-corrected chi connectivity index (χ2v) is 6.46. The third kappa shape index (κ3) is 4.20. The maximum absolute atomic E-state index is 13.8. The average Bonchev–Trinajstić information content (AvgIpc) is 2.63. The summed E-state index contributed by atoms with van der Waals surface area (Å²) in [6, 6.07) is 7.09. The van der Waals surface area contributed by atoms with E-state index in [1.165, 1.54) is 11.8 Å². The molecule has 0 aliphatic carbocycles. The number of aliphatic hydroxyl groups is 1. The Kier molecular flexibility index (Phi) is 5.38. The molecule has 5 nitrogen and oxygen atoms in total. The summed E-state index contributed by atoms with van der Waals surface area (Å²) in [4.78, 5) is 21.7. The number of rotatable bonds is 5. The number of piperidine rings is 1. The van der Waals surface area contributed by atoms with Crippen LogP contribution in [0.25, 0.3) is 0 Å². The molecule has 1 fully saturated rings. The molecule has 1 aliphatic rings. The van der Waals surface area contributed by atoms with Gasteiger partial charge < -0.3 is 10.0 Å². The summed E-state index contributed by atoms with van der Waals surface area (Å²) < 4.78 is 13.8. The number of pyridine rings is 2. The van der Waals surface area contributed by atoms with Crippen LogP contribution in [-0.4, -0.2) is 39.0 Å². The van der Waals surface area contributed by atoms with Crippen molar-refractivity contribution in [1.29, 1.82) is 0 Å². The fraction of sp³-hybridized carbons (Fsp3) is 0.421. The number of halogens is 1. The largest absolute Gasteiger partial charge is 0.385 e. The van der Waals surface area contributed by atoms with Crippen LogP contribution in [0.4, 0.5) is 4.39 Å². The normalized spacial score (nSPS) is 16.6. The molecular formula is C19H22FN3O2. The van der Waals surface area contributed by atoms with Crippen molar-refractivity contribution in [2.24, 2.45) is 0 Å². The van der Waals surface area contributed by atoms with Crippen LogP contribution in [-0.2, 0) is 16.8 Å². The predicted molar refractivity (Wildman–Crippen MR) is 91.1 cm³/mol. The molecule has 1 N–H and O–H groups in total. The van der Waals surface area contributed by atoms with Gasteiger partial charge >= 0.3 is 0 Å². The van der Waals surface area contributed by atoms with Crippen molar-refractivity contribution in [2.75, 3.05) is 13.1 Å². The lowest BCUT2D eigenvalue weighted by Crippen LogP contribution is -2.45. The lowest BCUT2D eigenvalue weighted by Gasteiger charge is -2.38. The zero-order valence-electron chi connectivity index (χ0n) is 14.1. The molecule has 3 heterocycles. The Bertz CT molecular complexity index is 716. The molecule has 0 unspecified atom stereocenters. The molecule has 6 heteroatoms. The number of carbonyl (C=O) groups is 1. The lowest BCUT2D eigenvalue weighted by molar-refractivity contribution is -0.135. The van der Waals surface area contributed by atoms with Gasteiger partial charge in [-0.1, -0.05) is 6.07 Å². The van der Waals surface area contributed by atoms with Gasteiger partial charge in [0.1, 0.15) is 0 Å². The van der Waals surface area contributed by atoms with Crippen molar-refractivity contribution in [3.8, 4) is 0 Å². The van der Waals surface area contributed by atoms with Gasteiger partial charge in [0.2, 0.25) is 11.9 Å². The molecule has 0 spiro atoms. The Morgan fingerprint density at radius 3 is 2.60 bits per heavy atom. The third-order valence-electron chi connectivity index (χ3n) is 4.81. The quantitative estimate of drug-likeness (QED) is 0.847. The Morgan fingerprint density at radius 1 is 1.20 bits per heavy atom. The zero-order valence-corrected chi connectivity index (χ0v) is 14.1. The summed E-state index contributed by atoms with van der Waals surface area (Å²) in [6.45, 7) is 0.859. The number of carbonyl (C=O) groups excluding carboxylic acids is 1. The Labute approximate surface area is 146 Å². The molecule has 2 aromatic rings. The fourth-order valence-corrected chi connectivity index (χ4v) is 3.28. The van der Waals surface area contributed by atoms with E-state index in [4.69, 9.17) is 0 Å². The molecule has 2 aromatic heterocycles. The summed E-state index contributed by atoms with van der Waals surface area (Å²) in [6.07, 6.45) is 7.61. The van der Waals surface area contributed by atoms with Crippen LogP contribution < -0.4 is 0 Å². The van der Waals surface area contributed by atoms with E-state index in [1.54, 1.807) is 29.4 Å². The minimum absolute atomic E-state index is 0.0859. The van der Waals surface area contributed by atoms with Crippen molar-refractivity contribution in [2.45, 2.75) is 37.7 Å². The van der Waals surface area contributed by atoms with Crippen LogP contribution in [0.2, 0.25) is 0 Å². The summed E-state index contributed by atoms with van der Waals surface area (Å²) in [5.74, 6) is -0.551. The van der Waals surface area contributed by atoms with E-state index in [0.717, 1.165) is 12.8 Å². The van der Waals surface area contributed by atoms with E-state index in [9.17, 15) is 14.3 Å². The van der Waals surface area contributed by atoms with E-state index in [0.29, 0.717) is 32.4 Å². The van der Waals surface area contributed by atoms with Gasteiger partial charge in [0.15, 0.2) is 0 Å². The second-order valence-electron chi connectivity index (χ2n) is 6.46. The number of nitrogens with zero attached hydrogens (tertiary/aromatic N) is 3. The van der Waals surface area contributed by atoms with Crippen LogP contribution >= 0.6 is 0 Å². The molecule has 0 saturated carbocycles. The topological polar surface area (TPSA) is 66.3 Å². The minimum Gasteiger partial charge on any atom is -0.385 e. The fourth-order valence-electron chi connectivity index (χ4n) is 3.28. The molecule has 0 radical (unpaired) electrons. The van der Waals surface area contributed by atoms with Gasteiger partial charge in [0.25, 0.3) is 0 Å². The minimum atomic E-state index is -1.24. The van der Waals surface area contributed by atoms with E-state index in [2.05, 4.69) is 9.97 Å². The molecule has 1 amide bonds. The van der Waals surface area contributed by atoms with Crippen LogP contribution in [0.1, 0.15) is 36.8 Å². The van der Waals surface area contributed by atoms with Crippen molar-refractivity contribution >= 4 is 5.91 Å². The maximum atomic E-state index is 13.8. The smallest absolute Gasteiger partial charge is 0.222 e. The second kappa shape index (κ2) is 7.70. The maximum Gasteiger partial charge on any atom is 0.222 e. The highest BCUT2D eigenvalue weighted by atomic mass is 19.1. The Balaban J connectivity index is 1.50. The molecule has 0 aromatic carbocycles. The zero-order chi connectivity index (χ0) is 17.7. The van der Waals surface area contributed by atoms with E-state index in [-0.39, 0.29) is 11.5 Å². The van der Waals surface area contributed by atoms with Crippen LogP contribution in [0.5, 0.6) is 0 Å². The highest BCUT2D eigenvalue weighted by Crippen LogP contribution is 2.33. The summed E-state index contributed by atoms with van der Waals surface area (Å²) >= 11 is 0. The first-order valence-electron chi connectivity index (χ1n) is 8.58. The van der Waals surface area contributed by atoms with Crippen molar-refractivity contribution < 1.29 is 14.3 Å². The number of likely N-dealkylation sites (tertiary alicyclic amines) is 1. The number of aromatic nitrogens is 2. The lowest BCUT2D eigenvalue weighted by atomic mass is 9.85. The first kappa shape index (κ1) is 17.5. The SMILES string of the molecule is O=C(CCCc1ccncc1)N1CCC(O)(c2cccnc2F)CC1. The number of aryl methyl sites for hydroxylation is 1. The van der Waals surface area contributed by atoms with Crippen LogP contribution in [0.3, 0.4) is 0 Å². The van der Waals surface area contributed by atoms with E-state index >= 15 is 0 Å². The van der Waals surface area contributed by atoms with Gasteiger partial charge in [-0.2, -0.15) is 4.39 Å². The molecule has 0 bridgehead atoms. The van der Waals surface area contributed by atoms with Gasteiger partial charge in [-0.05, 0) is 49.4 Å². The molecular weight excluding hydrogens is 321 g/mol. The summed E-state index contributed by atoms with van der Waals surface area (Å²) in [5.41, 5.74) is 0.147. The molecule has 3 rings (SSSR count). The van der Waals surface area contributed by atoms with Crippen molar-refractivity contribution in [3.05, 3.63) is 59.9 Å². The van der Waals surface area contributed by atoms with Crippen molar-refractivity contribution in [3.63, 3.8) is 0 Å². The monoisotopic (exact) mass is 343 g/mol. The molecule has 1 aliphatic heterocycles. The van der Waals surface area contributed by atoms with Crippen LogP contribution in [0, 0.1) is 5.95 Å². The average molecular weight is 343 g/mol. The van der Waals surface area contributed by atoms with E-state index in [1.807, 2.05) is 12.1 Å². The molecule has 1 saturated heterocycles. The molecule has 132 valence electrons. The Morgan fingerprint density at radius 2 is 1.92 bits per heavy atom. The van der Waals surface area contributed by atoms with Crippen LogP contribution in [0.15, 0.2) is 42.9 Å². The summed E-state index contributed by atoms with van der Waals surface area (Å²) in [7, 11) is 0. The number of hydrogen-bond donors (Lipinski definition) is 1.